The third kappa shape index (κ3) is 4.16. The predicted octanol–water partition coefficient (Wildman–Crippen LogP) is 2.08. The number of allylic oxidation sites excluding steroid dienone is 1. The van der Waals surface area contributed by atoms with E-state index in [2.05, 4.69) is 5.32 Å². The van der Waals surface area contributed by atoms with Crippen molar-refractivity contribution in [3.8, 4) is 0 Å². The first-order valence-electron chi connectivity index (χ1n) is 8.74. The second-order valence-corrected chi connectivity index (χ2v) is 10.4. The molecule has 1 fully saturated rings. The summed E-state index contributed by atoms with van der Waals surface area (Å²) < 4.78 is 22.9. The van der Waals surface area contributed by atoms with Gasteiger partial charge in [-0.2, -0.15) is 0 Å². The number of thioether (sulfide) groups is 1. The van der Waals surface area contributed by atoms with E-state index in [0.717, 1.165) is 5.57 Å². The van der Waals surface area contributed by atoms with E-state index in [0.29, 0.717) is 16.4 Å². The molecule has 0 aromatic carbocycles. The van der Waals surface area contributed by atoms with Crippen molar-refractivity contribution in [2.24, 2.45) is 0 Å². The third-order valence-corrected chi connectivity index (χ3v) is 7.07. The first-order chi connectivity index (χ1) is 12.5. The van der Waals surface area contributed by atoms with Crippen molar-refractivity contribution in [2.75, 3.05) is 18.6 Å². The van der Waals surface area contributed by atoms with E-state index in [1.807, 2.05) is 13.8 Å². The highest BCUT2D eigenvalue weighted by Crippen LogP contribution is 2.47. The lowest BCUT2D eigenvalue weighted by Crippen LogP contribution is -2.79. The van der Waals surface area contributed by atoms with Crippen LogP contribution in [0.3, 0.4) is 0 Å². The molecule has 2 aliphatic rings. The molecule has 152 valence electrons. The average molecular weight is 417 g/mol. The van der Waals surface area contributed by atoms with Crippen molar-refractivity contribution in [3.63, 3.8) is 0 Å². The Morgan fingerprint density at radius 1 is 1.52 bits per heavy atom. The number of rotatable bonds is 6. The number of nitrogens with one attached hydrogen (secondary N) is 1. The molecule has 3 atom stereocenters. The van der Waals surface area contributed by atoms with Gasteiger partial charge in [0.15, 0.2) is 0 Å². The van der Waals surface area contributed by atoms with Crippen LogP contribution in [0.4, 0.5) is 0 Å². The van der Waals surface area contributed by atoms with Gasteiger partial charge in [-0.05, 0) is 51.4 Å². The first-order valence-corrected chi connectivity index (χ1v) is 11.1. The molecule has 0 bridgehead atoms. The van der Waals surface area contributed by atoms with E-state index in [4.69, 9.17) is 9.47 Å². The lowest BCUT2D eigenvalue weighted by Gasteiger charge is -2.56. The van der Waals surface area contributed by atoms with Crippen molar-refractivity contribution >= 4 is 34.8 Å². The molecule has 27 heavy (non-hydrogen) atoms. The Morgan fingerprint density at radius 2 is 2.15 bits per heavy atom. The van der Waals surface area contributed by atoms with Crippen LogP contribution in [0, 0.1) is 0 Å². The zero-order chi connectivity index (χ0) is 20.6. The van der Waals surface area contributed by atoms with Crippen molar-refractivity contribution < 1.29 is 23.6 Å². The minimum atomic E-state index is -1.29. The number of ether oxygens (including phenoxy) is 2. The summed E-state index contributed by atoms with van der Waals surface area (Å²) in [6.45, 7) is 10.8. The fraction of sp³-hybridized carbons (Fsp3) is 0.667. The highest BCUT2D eigenvalue weighted by molar-refractivity contribution is 8.00. The van der Waals surface area contributed by atoms with Crippen molar-refractivity contribution in [1.29, 1.82) is 0 Å². The van der Waals surface area contributed by atoms with Crippen LogP contribution < -0.4 is 5.32 Å². The molecule has 1 saturated heterocycles. The Kier molecular flexibility index (Phi) is 6.61. The number of nitrogens with zero attached hydrogens (tertiary/aromatic N) is 1. The maximum atomic E-state index is 13.0. The third-order valence-electron chi connectivity index (χ3n) is 4.25. The SMILES string of the molecule is CC[S+]([O-])/C(C)=C/N[C@]1(OC)C(=O)N2C(C(=O)OC(C)(C)C)=C(C)CS[C@@H]21. The summed E-state index contributed by atoms with van der Waals surface area (Å²) in [6.07, 6.45) is 1.57. The van der Waals surface area contributed by atoms with E-state index in [9.17, 15) is 14.1 Å². The average Bonchev–Trinajstić information content (AvgIpc) is 2.59. The standard InChI is InChI=1S/C18H28N2O5S2/c1-8-27(23)12(3)9-19-18(24-7)15(22)20-13(11(2)10-26-16(18)20)14(21)25-17(4,5)6/h9,16,19H,8,10H2,1-7H3/b12-9+/t16-,18+,27?/m1/s1. The molecule has 1 amide bonds. The van der Waals surface area contributed by atoms with E-state index in [1.54, 1.807) is 33.9 Å². The lowest BCUT2D eigenvalue weighted by atomic mass is 9.98. The summed E-state index contributed by atoms with van der Waals surface area (Å²) in [5, 5.41) is 2.59. The molecule has 1 unspecified atom stereocenters. The number of esters is 1. The molecule has 0 aliphatic carbocycles. The summed E-state index contributed by atoms with van der Waals surface area (Å²) in [4.78, 5) is 27.7. The number of amides is 1. The van der Waals surface area contributed by atoms with Gasteiger partial charge in [-0.25, -0.2) is 4.79 Å². The highest BCUT2D eigenvalue weighted by Gasteiger charge is 2.65. The van der Waals surface area contributed by atoms with Gasteiger partial charge in [0.1, 0.15) is 27.3 Å². The molecule has 2 aliphatic heterocycles. The number of hydrogen-bond donors (Lipinski definition) is 1. The zero-order valence-electron chi connectivity index (χ0n) is 16.9. The van der Waals surface area contributed by atoms with Gasteiger partial charge in [-0.15, -0.1) is 11.8 Å². The van der Waals surface area contributed by atoms with Crippen LogP contribution in [0.15, 0.2) is 22.4 Å². The molecule has 2 rings (SSSR count). The van der Waals surface area contributed by atoms with E-state index >= 15 is 0 Å². The molecular formula is C18H28N2O5S2. The van der Waals surface area contributed by atoms with Crippen LogP contribution >= 0.6 is 11.8 Å². The molecule has 7 nitrogen and oxygen atoms in total. The van der Waals surface area contributed by atoms with Gasteiger partial charge in [0, 0.05) is 19.8 Å². The van der Waals surface area contributed by atoms with Gasteiger partial charge in [0.05, 0.1) is 6.20 Å². The molecule has 0 aromatic heterocycles. The number of β-lactam (4-membered cyclic amide) rings is 1. The second-order valence-electron chi connectivity index (χ2n) is 7.44. The number of carbonyl (C=O) groups is 2. The minimum absolute atomic E-state index is 0.283. The summed E-state index contributed by atoms with van der Waals surface area (Å²) in [5.41, 5.74) is -0.870. The van der Waals surface area contributed by atoms with Crippen LogP contribution in [0.5, 0.6) is 0 Å². The summed E-state index contributed by atoms with van der Waals surface area (Å²) in [5.74, 6) is 0.197. The molecule has 0 radical (unpaired) electrons. The maximum Gasteiger partial charge on any atom is 0.355 e. The number of hydrogen-bond acceptors (Lipinski definition) is 7. The van der Waals surface area contributed by atoms with Crippen molar-refractivity contribution in [3.05, 3.63) is 22.4 Å². The Balaban J connectivity index is 2.28. The number of carbonyl (C=O) groups excluding carboxylic acids is 2. The Bertz CT molecular complexity index is 686. The molecule has 9 heteroatoms. The summed E-state index contributed by atoms with van der Waals surface area (Å²) in [6, 6.07) is 0. The molecule has 0 spiro atoms. The molecule has 0 aromatic rings. The highest BCUT2D eigenvalue weighted by atomic mass is 32.2. The van der Waals surface area contributed by atoms with E-state index in [-0.39, 0.29) is 11.6 Å². The monoisotopic (exact) mass is 416 g/mol. The Labute approximate surface area is 168 Å². The molecular weight excluding hydrogens is 388 g/mol. The van der Waals surface area contributed by atoms with Gasteiger partial charge in [-0.3, -0.25) is 9.69 Å². The fourth-order valence-electron chi connectivity index (χ4n) is 2.88. The topological polar surface area (TPSA) is 90.9 Å². The minimum Gasteiger partial charge on any atom is -0.612 e. The fourth-order valence-corrected chi connectivity index (χ4v) is 4.92. The van der Waals surface area contributed by atoms with Gasteiger partial charge < -0.3 is 19.3 Å². The normalized spacial score (nSPS) is 27.1. The lowest BCUT2D eigenvalue weighted by molar-refractivity contribution is -0.190. The summed E-state index contributed by atoms with van der Waals surface area (Å²) >= 11 is 0.397. The molecule has 2 heterocycles. The van der Waals surface area contributed by atoms with Gasteiger partial charge in [-0.1, -0.05) is 0 Å². The van der Waals surface area contributed by atoms with Gasteiger partial charge >= 0.3 is 5.97 Å². The van der Waals surface area contributed by atoms with Crippen LogP contribution in [0.1, 0.15) is 41.5 Å². The summed E-state index contributed by atoms with van der Waals surface area (Å²) in [7, 11) is 1.45. The van der Waals surface area contributed by atoms with Crippen LogP contribution in [-0.4, -0.2) is 56.6 Å². The predicted molar refractivity (Wildman–Crippen MR) is 107 cm³/mol. The smallest absolute Gasteiger partial charge is 0.355 e. The Morgan fingerprint density at radius 3 is 2.67 bits per heavy atom. The molecule has 0 saturated carbocycles. The zero-order valence-corrected chi connectivity index (χ0v) is 18.5. The van der Waals surface area contributed by atoms with Crippen LogP contribution in [-0.2, 0) is 30.2 Å². The maximum absolute atomic E-state index is 13.0. The van der Waals surface area contributed by atoms with Crippen LogP contribution in [0.25, 0.3) is 0 Å². The number of methoxy groups -OCH3 is 1. The Hall–Kier alpha value is -1.16. The quantitative estimate of drug-likeness (QED) is 0.307. The van der Waals surface area contributed by atoms with Crippen LogP contribution in [0.2, 0.25) is 0 Å². The van der Waals surface area contributed by atoms with Crippen molar-refractivity contribution in [2.45, 2.75) is 58.2 Å². The van der Waals surface area contributed by atoms with E-state index in [1.165, 1.54) is 23.8 Å². The van der Waals surface area contributed by atoms with E-state index < -0.39 is 33.8 Å². The second kappa shape index (κ2) is 8.06. The largest absolute Gasteiger partial charge is 0.612 e. The van der Waals surface area contributed by atoms with Crippen molar-refractivity contribution in [1.82, 2.24) is 10.2 Å². The van der Waals surface area contributed by atoms with Gasteiger partial charge in [0.25, 0.3) is 5.91 Å². The molecule has 1 N–H and O–H groups in total. The first kappa shape index (κ1) is 22.1. The number of fused-ring (bicyclic) bond motifs is 1. The van der Waals surface area contributed by atoms with Gasteiger partial charge in [0.2, 0.25) is 5.72 Å².